The average molecular weight is 390 g/mol. The number of nitrogens with zero attached hydrogens (tertiary/aromatic N) is 1. The summed E-state index contributed by atoms with van der Waals surface area (Å²) in [6.45, 7) is 1.73. The number of amides is 1. The quantitative estimate of drug-likeness (QED) is 0.544. The van der Waals surface area contributed by atoms with Crippen LogP contribution in [-0.4, -0.2) is 43.0 Å². The van der Waals surface area contributed by atoms with Crippen molar-refractivity contribution in [2.75, 3.05) is 26.5 Å². The Labute approximate surface area is 162 Å². The number of piperidine rings is 1. The van der Waals surface area contributed by atoms with Crippen molar-refractivity contribution >= 4 is 34.8 Å². The summed E-state index contributed by atoms with van der Waals surface area (Å²) >= 11 is 3.13. The summed E-state index contributed by atoms with van der Waals surface area (Å²) in [6, 6.07) is 11.5. The molecule has 3 rings (SSSR count). The highest BCUT2D eigenvalue weighted by molar-refractivity contribution is 7.98. The van der Waals surface area contributed by atoms with Crippen LogP contribution in [0.1, 0.15) is 37.7 Å². The van der Waals surface area contributed by atoms with E-state index in [2.05, 4.69) is 0 Å². The lowest BCUT2D eigenvalue weighted by Gasteiger charge is -2.31. The van der Waals surface area contributed by atoms with E-state index in [0.717, 1.165) is 33.1 Å². The number of Topliss-reactive ketones (excluding diaryl/α,β-unsaturated/α-hetero) is 1. The maximum Gasteiger partial charge on any atom is 0.263 e. The first-order chi connectivity index (χ1) is 12.6. The minimum atomic E-state index is -0.119. The zero-order valence-electron chi connectivity index (χ0n) is 15.1. The summed E-state index contributed by atoms with van der Waals surface area (Å²) in [4.78, 5) is 30.3. The number of carbonyl (C=O) groups excluding carboxylic acids is 2. The molecule has 0 saturated carbocycles. The number of ether oxygens (including phenoxy) is 1. The van der Waals surface area contributed by atoms with Gasteiger partial charge in [-0.25, -0.2) is 0 Å². The van der Waals surface area contributed by atoms with Gasteiger partial charge >= 0.3 is 0 Å². The van der Waals surface area contributed by atoms with Crippen LogP contribution in [0.2, 0.25) is 0 Å². The number of hydrogen-bond acceptors (Lipinski definition) is 5. The number of thioether (sulfide) groups is 1. The van der Waals surface area contributed by atoms with Crippen molar-refractivity contribution in [3.63, 3.8) is 0 Å². The van der Waals surface area contributed by atoms with Gasteiger partial charge in [0.2, 0.25) is 0 Å². The fourth-order valence-electron chi connectivity index (χ4n) is 3.24. The van der Waals surface area contributed by atoms with E-state index in [-0.39, 0.29) is 17.6 Å². The third kappa shape index (κ3) is 4.37. The normalized spacial score (nSPS) is 17.3. The molecule has 2 aromatic rings. The van der Waals surface area contributed by atoms with Crippen molar-refractivity contribution in [2.45, 2.75) is 24.3 Å². The molecule has 4 nitrogen and oxygen atoms in total. The van der Waals surface area contributed by atoms with Crippen molar-refractivity contribution in [1.29, 1.82) is 0 Å². The van der Waals surface area contributed by atoms with Gasteiger partial charge in [-0.1, -0.05) is 12.1 Å². The Bertz CT molecular complexity index is 770. The fourth-order valence-corrected chi connectivity index (χ4v) is 4.59. The third-order valence-electron chi connectivity index (χ3n) is 4.61. The van der Waals surface area contributed by atoms with Crippen LogP contribution < -0.4 is 0 Å². The molecule has 2 heterocycles. The molecule has 0 unspecified atom stereocenters. The summed E-state index contributed by atoms with van der Waals surface area (Å²) < 4.78 is 5.12. The Hall–Kier alpha value is -1.63. The molecule has 6 heteroatoms. The predicted octanol–water partition coefficient (Wildman–Crippen LogP) is 4.35. The third-order valence-corrected chi connectivity index (χ3v) is 6.40. The molecule has 138 valence electrons. The molecule has 1 aliphatic heterocycles. The van der Waals surface area contributed by atoms with E-state index >= 15 is 0 Å². The van der Waals surface area contributed by atoms with Gasteiger partial charge in [0.05, 0.1) is 11.5 Å². The maximum atomic E-state index is 12.8. The Morgan fingerprint density at radius 2 is 2.00 bits per heavy atom. The summed E-state index contributed by atoms with van der Waals surface area (Å²) in [7, 11) is 1.65. The lowest BCUT2D eigenvalue weighted by atomic mass is 9.90. The van der Waals surface area contributed by atoms with E-state index in [4.69, 9.17) is 4.74 Å². The highest BCUT2D eigenvalue weighted by Crippen LogP contribution is 2.26. The van der Waals surface area contributed by atoms with Crippen LogP contribution in [0.5, 0.6) is 0 Å². The molecular weight excluding hydrogens is 366 g/mol. The van der Waals surface area contributed by atoms with Crippen LogP contribution in [0.3, 0.4) is 0 Å². The number of likely N-dealkylation sites (tertiary alicyclic amines) is 1. The summed E-state index contributed by atoms with van der Waals surface area (Å²) in [6.07, 6.45) is 3.72. The zero-order valence-corrected chi connectivity index (χ0v) is 16.7. The average Bonchev–Trinajstić information content (AvgIpc) is 3.16. The SMILES string of the molecule is COCc1ccc(C(=O)N2CCC[C@H](C(=O)c3ccc(SC)cc3)C2)s1. The van der Waals surface area contributed by atoms with Gasteiger partial charge in [-0.2, -0.15) is 0 Å². The lowest BCUT2D eigenvalue weighted by molar-refractivity contribution is 0.0641. The van der Waals surface area contributed by atoms with E-state index in [0.29, 0.717) is 19.7 Å². The molecule has 0 spiro atoms. The van der Waals surface area contributed by atoms with Gasteiger partial charge in [0, 0.05) is 41.5 Å². The smallest absolute Gasteiger partial charge is 0.263 e. The second kappa shape index (κ2) is 8.84. The molecule has 0 aliphatic carbocycles. The van der Waals surface area contributed by atoms with Crippen molar-refractivity contribution in [2.24, 2.45) is 5.92 Å². The van der Waals surface area contributed by atoms with E-state index in [9.17, 15) is 9.59 Å². The molecule has 1 amide bonds. The molecule has 0 bridgehead atoms. The van der Waals surface area contributed by atoms with Gasteiger partial charge in [-0.3, -0.25) is 9.59 Å². The second-order valence-electron chi connectivity index (χ2n) is 6.38. The van der Waals surface area contributed by atoms with Crippen LogP contribution in [0, 0.1) is 5.92 Å². The number of methoxy groups -OCH3 is 1. The van der Waals surface area contributed by atoms with Crippen LogP contribution in [-0.2, 0) is 11.3 Å². The summed E-state index contributed by atoms with van der Waals surface area (Å²) in [5.74, 6) is 0.0419. The molecule has 0 radical (unpaired) electrons. The molecule has 26 heavy (non-hydrogen) atoms. The molecular formula is C20H23NO3S2. The minimum absolute atomic E-state index is 0.0209. The maximum absolute atomic E-state index is 12.8. The number of benzene rings is 1. The van der Waals surface area contributed by atoms with E-state index in [1.807, 2.05) is 47.6 Å². The minimum Gasteiger partial charge on any atom is -0.379 e. The predicted molar refractivity (Wildman–Crippen MR) is 106 cm³/mol. The molecule has 1 atom stereocenters. The molecule has 1 aromatic carbocycles. The Morgan fingerprint density at radius 1 is 1.23 bits per heavy atom. The van der Waals surface area contributed by atoms with Gasteiger partial charge in [0.1, 0.15) is 0 Å². The topological polar surface area (TPSA) is 46.6 Å². The van der Waals surface area contributed by atoms with Crippen molar-refractivity contribution in [3.05, 3.63) is 51.7 Å². The number of rotatable bonds is 6. The Morgan fingerprint density at radius 3 is 2.69 bits per heavy atom. The summed E-state index contributed by atoms with van der Waals surface area (Å²) in [5, 5.41) is 0. The number of thiophene rings is 1. The largest absolute Gasteiger partial charge is 0.379 e. The lowest BCUT2D eigenvalue weighted by Crippen LogP contribution is -2.42. The number of carbonyl (C=O) groups is 2. The van der Waals surface area contributed by atoms with Crippen LogP contribution in [0.25, 0.3) is 0 Å². The molecule has 1 aliphatic rings. The van der Waals surface area contributed by atoms with Crippen molar-refractivity contribution in [1.82, 2.24) is 4.90 Å². The fraction of sp³-hybridized carbons (Fsp3) is 0.400. The van der Waals surface area contributed by atoms with E-state index in [1.54, 1.807) is 18.9 Å². The summed E-state index contributed by atoms with van der Waals surface area (Å²) in [5.41, 5.74) is 0.737. The highest BCUT2D eigenvalue weighted by atomic mass is 32.2. The monoisotopic (exact) mass is 389 g/mol. The van der Waals surface area contributed by atoms with Crippen molar-refractivity contribution < 1.29 is 14.3 Å². The van der Waals surface area contributed by atoms with Gasteiger partial charge in [0.15, 0.2) is 5.78 Å². The molecule has 1 saturated heterocycles. The number of ketones is 1. The van der Waals surface area contributed by atoms with Crippen LogP contribution in [0.15, 0.2) is 41.3 Å². The first kappa shape index (κ1) is 19.1. The van der Waals surface area contributed by atoms with Gasteiger partial charge < -0.3 is 9.64 Å². The molecule has 1 aromatic heterocycles. The Kier molecular flexibility index (Phi) is 6.51. The zero-order chi connectivity index (χ0) is 18.5. The molecule has 1 fully saturated rings. The van der Waals surface area contributed by atoms with Gasteiger partial charge in [-0.15, -0.1) is 23.1 Å². The van der Waals surface area contributed by atoms with Gasteiger partial charge in [0.25, 0.3) is 5.91 Å². The van der Waals surface area contributed by atoms with Crippen LogP contribution >= 0.6 is 23.1 Å². The van der Waals surface area contributed by atoms with E-state index < -0.39 is 0 Å². The standard InChI is InChI=1S/C20H23NO3S2/c1-24-13-17-9-10-18(26-17)20(23)21-11-3-4-15(12-21)19(22)14-5-7-16(25-2)8-6-14/h5-10,15H,3-4,11-13H2,1-2H3/t15-/m0/s1. The number of hydrogen-bond donors (Lipinski definition) is 0. The first-order valence-electron chi connectivity index (χ1n) is 8.67. The van der Waals surface area contributed by atoms with Gasteiger partial charge in [-0.05, 0) is 43.4 Å². The second-order valence-corrected chi connectivity index (χ2v) is 8.43. The van der Waals surface area contributed by atoms with Crippen LogP contribution in [0.4, 0.5) is 0 Å². The first-order valence-corrected chi connectivity index (χ1v) is 10.7. The highest BCUT2D eigenvalue weighted by Gasteiger charge is 2.30. The van der Waals surface area contributed by atoms with Crippen molar-refractivity contribution in [3.8, 4) is 0 Å². The Balaban J connectivity index is 1.67. The molecule has 0 N–H and O–H groups in total. The van der Waals surface area contributed by atoms with E-state index in [1.165, 1.54) is 11.3 Å².